The van der Waals surface area contributed by atoms with Crippen molar-refractivity contribution in [3.05, 3.63) is 12.2 Å². The molecule has 0 rings (SSSR count). The van der Waals surface area contributed by atoms with Crippen LogP contribution in [0.2, 0.25) is 0 Å². The summed E-state index contributed by atoms with van der Waals surface area (Å²) in [4.78, 5) is 19.1. The SMILES string of the molecule is O=C(O)/C=C/C(=O)O.[Fe].[Tb]. The van der Waals surface area contributed by atoms with Crippen LogP contribution >= 0.6 is 0 Å². The molecule has 0 amide bonds. The zero-order chi connectivity index (χ0) is 6.57. The van der Waals surface area contributed by atoms with Gasteiger partial charge in [-0.05, 0) is 0 Å². The van der Waals surface area contributed by atoms with Crippen molar-refractivity contribution in [3.63, 3.8) is 0 Å². The van der Waals surface area contributed by atoms with E-state index in [2.05, 4.69) is 0 Å². The van der Waals surface area contributed by atoms with Crippen LogP contribution in [0.1, 0.15) is 0 Å². The molecule has 0 saturated heterocycles. The molecule has 0 atom stereocenters. The monoisotopic (exact) mass is 331 g/mol. The van der Waals surface area contributed by atoms with Crippen molar-refractivity contribution >= 4 is 11.9 Å². The summed E-state index contributed by atoms with van der Waals surface area (Å²) >= 11 is 0. The molecule has 0 aliphatic heterocycles. The van der Waals surface area contributed by atoms with Crippen LogP contribution in [0.3, 0.4) is 0 Å². The Kier molecular flexibility index (Phi) is 16.0. The summed E-state index contributed by atoms with van der Waals surface area (Å²) in [6.07, 6.45) is 1.12. The van der Waals surface area contributed by atoms with Crippen LogP contribution in [0.15, 0.2) is 12.2 Å². The Morgan fingerprint density at radius 2 is 1.20 bits per heavy atom. The van der Waals surface area contributed by atoms with E-state index in [4.69, 9.17) is 10.2 Å². The predicted octanol–water partition coefficient (Wildman–Crippen LogP) is -0.291. The fourth-order valence-corrected chi connectivity index (χ4v) is 0.143. The van der Waals surface area contributed by atoms with Gasteiger partial charge in [-0.1, -0.05) is 0 Å². The molecule has 0 aromatic carbocycles. The maximum absolute atomic E-state index is 9.55. The first-order valence-electron chi connectivity index (χ1n) is 1.77. The zero-order valence-electron chi connectivity index (χ0n) is 4.55. The number of rotatable bonds is 2. The van der Waals surface area contributed by atoms with Crippen LogP contribution in [0, 0.1) is 38.6 Å². The number of hydrogen-bond acceptors (Lipinski definition) is 2. The molecule has 2 N–H and O–H groups in total. The van der Waals surface area contributed by atoms with Crippen molar-refractivity contribution in [2.45, 2.75) is 0 Å². The third kappa shape index (κ3) is 15.8. The van der Waals surface area contributed by atoms with E-state index >= 15 is 0 Å². The van der Waals surface area contributed by atoms with E-state index in [-0.39, 0.29) is 55.7 Å². The quantitative estimate of drug-likeness (QED) is 0.539. The third-order valence-electron chi connectivity index (χ3n) is 0.368. The van der Waals surface area contributed by atoms with E-state index in [0.717, 1.165) is 0 Å². The molecule has 0 spiro atoms. The molecule has 0 bridgehead atoms. The molecule has 6 heteroatoms. The van der Waals surface area contributed by atoms with Crippen LogP contribution in [-0.2, 0) is 26.7 Å². The fraction of sp³-hybridized carbons (Fsp3) is 0. The number of hydrogen-bond donors (Lipinski definition) is 2. The Morgan fingerprint density at radius 3 is 1.30 bits per heavy atom. The summed E-state index contributed by atoms with van der Waals surface area (Å²) in [5.41, 5.74) is 0. The molecule has 4 nitrogen and oxygen atoms in total. The molecular weight excluding hydrogens is 327 g/mol. The second-order valence-corrected chi connectivity index (χ2v) is 1.01. The summed E-state index contributed by atoms with van der Waals surface area (Å²) < 4.78 is 0. The average molecular weight is 331 g/mol. The number of aliphatic carboxylic acids is 2. The molecule has 0 aromatic rings. The van der Waals surface area contributed by atoms with Gasteiger partial charge in [-0.15, -0.1) is 0 Å². The van der Waals surface area contributed by atoms with E-state index in [1.165, 1.54) is 0 Å². The molecule has 1 radical (unpaired) electrons. The fourth-order valence-electron chi connectivity index (χ4n) is 0.143. The molecule has 0 unspecified atom stereocenters. The Morgan fingerprint density at radius 1 is 1.00 bits per heavy atom. The molecule has 61 valence electrons. The molecule has 0 aliphatic carbocycles. The molecule has 0 aromatic heterocycles. The summed E-state index contributed by atoms with van der Waals surface area (Å²) in [5.74, 6) is -2.51. The van der Waals surface area contributed by atoms with Gasteiger partial charge in [0.2, 0.25) is 0 Å². The first-order chi connectivity index (χ1) is 3.63. The minimum Gasteiger partial charge on any atom is -0.478 e. The van der Waals surface area contributed by atoms with Crippen molar-refractivity contribution in [1.29, 1.82) is 0 Å². The van der Waals surface area contributed by atoms with E-state index in [1.807, 2.05) is 0 Å². The zero-order valence-corrected chi connectivity index (χ0v) is 7.80. The summed E-state index contributed by atoms with van der Waals surface area (Å²) in [5, 5.41) is 15.6. The second kappa shape index (κ2) is 9.49. The maximum atomic E-state index is 9.55. The van der Waals surface area contributed by atoms with E-state index in [0.29, 0.717) is 12.2 Å². The maximum Gasteiger partial charge on any atom is 0.328 e. The van der Waals surface area contributed by atoms with Gasteiger partial charge in [0, 0.05) is 67.8 Å². The minimum atomic E-state index is -1.26. The van der Waals surface area contributed by atoms with E-state index in [1.54, 1.807) is 0 Å². The van der Waals surface area contributed by atoms with Crippen molar-refractivity contribution in [3.8, 4) is 0 Å². The number of carboxylic acids is 2. The van der Waals surface area contributed by atoms with Gasteiger partial charge in [-0.3, -0.25) is 0 Å². The van der Waals surface area contributed by atoms with Gasteiger partial charge < -0.3 is 10.2 Å². The first kappa shape index (κ1) is 16.8. The molecule has 0 aliphatic rings. The second-order valence-electron chi connectivity index (χ2n) is 1.01. The summed E-state index contributed by atoms with van der Waals surface area (Å²) in [7, 11) is 0. The van der Waals surface area contributed by atoms with Crippen LogP contribution in [0.4, 0.5) is 0 Å². The van der Waals surface area contributed by atoms with Crippen LogP contribution in [-0.4, -0.2) is 22.2 Å². The van der Waals surface area contributed by atoms with E-state index < -0.39 is 11.9 Å². The average Bonchev–Trinajstić information content (AvgIpc) is 1.61. The van der Waals surface area contributed by atoms with Gasteiger partial charge in [0.1, 0.15) is 0 Å². The standard InChI is InChI=1S/C4H4O4.Fe.Tb/c5-3(6)1-2-4(7)8;;/h1-2H,(H,5,6)(H,7,8);;/b2-1+;;. The number of carbonyl (C=O) groups is 2. The van der Waals surface area contributed by atoms with Gasteiger partial charge in [0.25, 0.3) is 0 Å². The molecular formula is C4H4FeO4Tb. The molecule has 0 saturated carbocycles. The van der Waals surface area contributed by atoms with Crippen molar-refractivity contribution in [2.24, 2.45) is 0 Å². The van der Waals surface area contributed by atoms with Crippen molar-refractivity contribution in [2.75, 3.05) is 0 Å². The Bertz CT molecular complexity index is 128. The topological polar surface area (TPSA) is 74.6 Å². The molecule has 0 fully saturated rings. The van der Waals surface area contributed by atoms with Crippen LogP contribution < -0.4 is 0 Å². The van der Waals surface area contributed by atoms with Crippen molar-refractivity contribution in [1.82, 2.24) is 0 Å². The predicted molar refractivity (Wildman–Crippen MR) is 24.4 cm³/mol. The molecule has 0 heterocycles. The smallest absolute Gasteiger partial charge is 0.328 e. The normalized spacial score (nSPS) is 7.60. The van der Waals surface area contributed by atoms with E-state index in [9.17, 15) is 9.59 Å². The van der Waals surface area contributed by atoms with Crippen LogP contribution in [0.5, 0.6) is 0 Å². The first-order valence-corrected chi connectivity index (χ1v) is 1.77. The van der Waals surface area contributed by atoms with Crippen LogP contribution in [0.25, 0.3) is 0 Å². The third-order valence-corrected chi connectivity index (χ3v) is 0.368. The Hall–Kier alpha value is 0.485. The van der Waals surface area contributed by atoms with Gasteiger partial charge in [-0.2, -0.15) is 0 Å². The van der Waals surface area contributed by atoms with Gasteiger partial charge in [-0.25, -0.2) is 9.59 Å². The van der Waals surface area contributed by atoms with Crippen molar-refractivity contribution < 1.29 is 75.5 Å². The van der Waals surface area contributed by atoms with Gasteiger partial charge in [0.05, 0.1) is 0 Å². The Balaban J connectivity index is -0.000000245. The summed E-state index contributed by atoms with van der Waals surface area (Å²) in [6.45, 7) is 0. The minimum absolute atomic E-state index is 0. The molecule has 10 heavy (non-hydrogen) atoms. The number of carboxylic acid groups (broad SMARTS) is 2. The largest absolute Gasteiger partial charge is 0.478 e. The summed E-state index contributed by atoms with van der Waals surface area (Å²) in [6, 6.07) is 0. The van der Waals surface area contributed by atoms with Gasteiger partial charge in [0.15, 0.2) is 0 Å². The van der Waals surface area contributed by atoms with Gasteiger partial charge >= 0.3 is 11.9 Å². The Labute approximate surface area is 98.6 Å².